The van der Waals surface area contributed by atoms with Crippen molar-refractivity contribution in [2.75, 3.05) is 26.7 Å². The largest absolute Gasteiger partial charge is 0.480 e. The van der Waals surface area contributed by atoms with Crippen LogP contribution in [0.1, 0.15) is 40.7 Å². The summed E-state index contributed by atoms with van der Waals surface area (Å²) in [6, 6.07) is 5.56. The summed E-state index contributed by atoms with van der Waals surface area (Å²) in [6.07, 6.45) is 2.47. The molecule has 0 aromatic heterocycles. The van der Waals surface area contributed by atoms with Gasteiger partial charge in [0.2, 0.25) is 0 Å². The highest BCUT2D eigenvalue weighted by Crippen LogP contribution is 2.43. The molecule has 2 aliphatic rings. The second-order valence-electron chi connectivity index (χ2n) is 7.58. The number of aryl methyl sites for hydroxylation is 2. The molecule has 2 aliphatic heterocycles. The zero-order valence-electron chi connectivity index (χ0n) is 14.7. The van der Waals surface area contributed by atoms with Gasteiger partial charge in [-0.05, 0) is 57.2 Å². The number of hydrogen-bond donors (Lipinski definition) is 1. The van der Waals surface area contributed by atoms with Crippen molar-refractivity contribution in [1.29, 1.82) is 0 Å². The lowest BCUT2D eigenvalue weighted by Gasteiger charge is -2.39. The van der Waals surface area contributed by atoms with Gasteiger partial charge in [-0.15, -0.1) is 0 Å². The Labute approximate surface area is 143 Å². The maximum atomic E-state index is 12.8. The van der Waals surface area contributed by atoms with E-state index in [0.717, 1.165) is 36.1 Å². The number of carbonyl (C=O) groups is 2. The van der Waals surface area contributed by atoms with Gasteiger partial charge in [-0.3, -0.25) is 14.5 Å². The van der Waals surface area contributed by atoms with Crippen molar-refractivity contribution in [3.63, 3.8) is 0 Å². The summed E-state index contributed by atoms with van der Waals surface area (Å²) in [4.78, 5) is 28.0. The van der Waals surface area contributed by atoms with Gasteiger partial charge in [0, 0.05) is 25.2 Å². The Morgan fingerprint density at radius 3 is 2.42 bits per heavy atom. The smallest absolute Gasteiger partial charge is 0.320 e. The van der Waals surface area contributed by atoms with Gasteiger partial charge in [0.15, 0.2) is 0 Å². The van der Waals surface area contributed by atoms with Crippen LogP contribution in [0.5, 0.6) is 0 Å². The van der Waals surface area contributed by atoms with Crippen LogP contribution >= 0.6 is 0 Å². The van der Waals surface area contributed by atoms with E-state index in [0.29, 0.717) is 19.5 Å². The molecule has 2 saturated heterocycles. The molecule has 130 valence electrons. The number of carboxylic acids is 1. The van der Waals surface area contributed by atoms with Crippen molar-refractivity contribution in [2.24, 2.45) is 5.41 Å². The molecule has 0 bridgehead atoms. The van der Waals surface area contributed by atoms with Crippen molar-refractivity contribution in [3.05, 3.63) is 34.9 Å². The highest BCUT2D eigenvalue weighted by molar-refractivity contribution is 5.95. The molecule has 5 nitrogen and oxygen atoms in total. The molecule has 0 radical (unpaired) electrons. The average Bonchev–Trinajstić information content (AvgIpc) is 2.84. The Morgan fingerprint density at radius 2 is 1.88 bits per heavy atom. The van der Waals surface area contributed by atoms with E-state index >= 15 is 0 Å². The van der Waals surface area contributed by atoms with E-state index in [4.69, 9.17) is 0 Å². The fourth-order valence-corrected chi connectivity index (χ4v) is 4.32. The molecule has 1 aromatic rings. The Balaban J connectivity index is 1.67. The van der Waals surface area contributed by atoms with E-state index in [9.17, 15) is 14.7 Å². The summed E-state index contributed by atoms with van der Waals surface area (Å²) in [5.41, 5.74) is 3.02. The van der Waals surface area contributed by atoms with Crippen LogP contribution in [0.4, 0.5) is 0 Å². The van der Waals surface area contributed by atoms with Gasteiger partial charge in [0.05, 0.1) is 0 Å². The Morgan fingerprint density at radius 1 is 1.21 bits per heavy atom. The lowest BCUT2D eigenvalue weighted by atomic mass is 9.76. The van der Waals surface area contributed by atoms with E-state index in [1.807, 2.05) is 48.9 Å². The lowest BCUT2D eigenvalue weighted by molar-refractivity contribution is -0.141. The molecular formula is C19H26N2O3. The van der Waals surface area contributed by atoms with Gasteiger partial charge < -0.3 is 10.0 Å². The summed E-state index contributed by atoms with van der Waals surface area (Å²) < 4.78 is 0. The number of hydrogen-bond acceptors (Lipinski definition) is 3. The minimum Gasteiger partial charge on any atom is -0.480 e. The number of amides is 1. The molecule has 1 atom stereocenters. The lowest BCUT2D eigenvalue weighted by Crippen LogP contribution is -2.44. The second-order valence-corrected chi connectivity index (χ2v) is 7.58. The van der Waals surface area contributed by atoms with Crippen molar-refractivity contribution in [3.8, 4) is 0 Å². The third-order valence-corrected chi connectivity index (χ3v) is 5.75. The average molecular weight is 330 g/mol. The van der Waals surface area contributed by atoms with Crippen LogP contribution in [-0.4, -0.2) is 59.5 Å². The van der Waals surface area contributed by atoms with E-state index in [1.54, 1.807) is 0 Å². The summed E-state index contributed by atoms with van der Waals surface area (Å²) in [5.74, 6) is -0.633. The fraction of sp³-hybridized carbons (Fsp3) is 0.579. The first-order valence-electron chi connectivity index (χ1n) is 8.61. The van der Waals surface area contributed by atoms with Crippen LogP contribution in [0.15, 0.2) is 18.2 Å². The van der Waals surface area contributed by atoms with E-state index in [-0.39, 0.29) is 17.4 Å². The zero-order chi connectivity index (χ0) is 17.5. The highest BCUT2D eigenvalue weighted by Gasteiger charge is 2.47. The van der Waals surface area contributed by atoms with Gasteiger partial charge in [-0.1, -0.05) is 17.7 Å². The molecule has 24 heavy (non-hydrogen) atoms. The molecule has 1 N–H and O–H groups in total. The summed E-state index contributed by atoms with van der Waals surface area (Å²) in [7, 11) is 1.89. The van der Waals surface area contributed by atoms with Crippen LogP contribution in [-0.2, 0) is 4.79 Å². The molecule has 2 heterocycles. The first kappa shape index (κ1) is 17.0. The molecule has 1 spiro atoms. The Kier molecular flexibility index (Phi) is 4.38. The number of likely N-dealkylation sites (N-methyl/N-ethyl adjacent to an activating group) is 1. The number of benzene rings is 1. The number of nitrogens with zero attached hydrogens (tertiary/aromatic N) is 2. The highest BCUT2D eigenvalue weighted by atomic mass is 16.4. The number of aliphatic carboxylic acids is 1. The fourth-order valence-electron chi connectivity index (χ4n) is 4.32. The van der Waals surface area contributed by atoms with Gasteiger partial charge in [0.25, 0.3) is 5.91 Å². The number of likely N-dealkylation sites (tertiary alicyclic amines) is 2. The summed E-state index contributed by atoms with van der Waals surface area (Å²) in [6.45, 7) is 6.25. The standard InChI is InChI=1S/C19H26N2O3/c1-13-4-5-15(14(2)10-13)17(22)21-8-6-19(7-9-21)11-16(18(23)24)20(3)12-19/h4-5,10,16H,6-9,11-12H2,1-3H3,(H,23,24). The molecule has 0 aliphatic carbocycles. The molecule has 0 saturated carbocycles. The zero-order valence-corrected chi connectivity index (χ0v) is 14.7. The molecule has 1 amide bonds. The maximum Gasteiger partial charge on any atom is 0.320 e. The molecule has 1 unspecified atom stereocenters. The maximum absolute atomic E-state index is 12.8. The first-order valence-corrected chi connectivity index (χ1v) is 8.61. The van der Waals surface area contributed by atoms with Crippen LogP contribution in [0, 0.1) is 19.3 Å². The quantitative estimate of drug-likeness (QED) is 0.904. The third-order valence-electron chi connectivity index (χ3n) is 5.75. The number of piperidine rings is 1. The predicted molar refractivity (Wildman–Crippen MR) is 92.2 cm³/mol. The molecule has 5 heteroatoms. The minimum absolute atomic E-state index is 0.0525. The normalized spacial score (nSPS) is 23.6. The van der Waals surface area contributed by atoms with Gasteiger partial charge in [-0.25, -0.2) is 0 Å². The van der Waals surface area contributed by atoms with Crippen molar-refractivity contribution in [2.45, 2.75) is 39.2 Å². The van der Waals surface area contributed by atoms with Gasteiger partial charge in [0.1, 0.15) is 6.04 Å². The first-order chi connectivity index (χ1) is 11.3. The van der Waals surface area contributed by atoms with E-state index < -0.39 is 5.97 Å². The number of carboxylic acid groups (broad SMARTS) is 1. The Bertz CT molecular complexity index is 663. The van der Waals surface area contributed by atoms with E-state index in [1.165, 1.54) is 0 Å². The summed E-state index contributed by atoms with van der Waals surface area (Å²) in [5, 5.41) is 9.33. The molecule has 3 rings (SSSR count). The SMILES string of the molecule is Cc1ccc(C(=O)N2CCC3(CC2)CC(C(=O)O)N(C)C3)c(C)c1. The molecule has 1 aromatic carbocycles. The monoisotopic (exact) mass is 330 g/mol. The summed E-state index contributed by atoms with van der Waals surface area (Å²) >= 11 is 0. The van der Waals surface area contributed by atoms with Gasteiger partial charge in [-0.2, -0.15) is 0 Å². The second kappa shape index (κ2) is 6.20. The van der Waals surface area contributed by atoms with E-state index in [2.05, 4.69) is 0 Å². The van der Waals surface area contributed by atoms with Crippen molar-refractivity contribution < 1.29 is 14.7 Å². The predicted octanol–water partition coefficient (Wildman–Crippen LogP) is 2.31. The molecule has 2 fully saturated rings. The topological polar surface area (TPSA) is 60.9 Å². The van der Waals surface area contributed by atoms with Crippen LogP contribution in [0.3, 0.4) is 0 Å². The van der Waals surface area contributed by atoms with Crippen molar-refractivity contribution in [1.82, 2.24) is 9.80 Å². The number of carbonyl (C=O) groups excluding carboxylic acids is 1. The van der Waals surface area contributed by atoms with Crippen LogP contribution in [0.2, 0.25) is 0 Å². The van der Waals surface area contributed by atoms with Crippen LogP contribution in [0.25, 0.3) is 0 Å². The van der Waals surface area contributed by atoms with Gasteiger partial charge >= 0.3 is 5.97 Å². The van der Waals surface area contributed by atoms with Crippen molar-refractivity contribution >= 4 is 11.9 Å². The Hall–Kier alpha value is -1.88. The van der Waals surface area contributed by atoms with Crippen LogP contribution < -0.4 is 0 Å². The third kappa shape index (κ3) is 3.05. The number of rotatable bonds is 2. The molecular weight excluding hydrogens is 304 g/mol. The minimum atomic E-state index is -0.733.